The first-order valence-electron chi connectivity index (χ1n) is 3.16. The standard InChI is InChI=1S/C5H8N4O/c10-4-1-6-5-7-3-8-9(5)2-4/h3-4,10H,1-2H2,(H,6,7,8). The molecule has 0 fully saturated rings. The fourth-order valence-corrected chi connectivity index (χ4v) is 1.01. The summed E-state index contributed by atoms with van der Waals surface area (Å²) in [6, 6.07) is 0. The number of hydrogen-bond acceptors (Lipinski definition) is 4. The van der Waals surface area contributed by atoms with Gasteiger partial charge in [0.05, 0.1) is 12.6 Å². The topological polar surface area (TPSA) is 63.0 Å². The first-order chi connectivity index (χ1) is 4.86. The minimum Gasteiger partial charge on any atom is -0.389 e. The van der Waals surface area contributed by atoms with Gasteiger partial charge in [0.2, 0.25) is 5.95 Å². The van der Waals surface area contributed by atoms with Gasteiger partial charge in [0, 0.05) is 6.54 Å². The van der Waals surface area contributed by atoms with Crippen LogP contribution in [0, 0.1) is 0 Å². The molecule has 0 bridgehead atoms. The van der Waals surface area contributed by atoms with Crippen LogP contribution in [0.25, 0.3) is 0 Å². The first-order valence-corrected chi connectivity index (χ1v) is 3.16. The first kappa shape index (κ1) is 5.67. The molecule has 5 nitrogen and oxygen atoms in total. The number of anilines is 1. The van der Waals surface area contributed by atoms with Crippen LogP contribution in [-0.2, 0) is 6.54 Å². The molecule has 1 aliphatic heterocycles. The van der Waals surface area contributed by atoms with Crippen LogP contribution in [0.2, 0.25) is 0 Å². The number of aromatic nitrogens is 3. The van der Waals surface area contributed by atoms with E-state index in [0.717, 1.165) is 5.95 Å². The van der Waals surface area contributed by atoms with Crippen molar-refractivity contribution >= 4 is 5.95 Å². The van der Waals surface area contributed by atoms with Crippen molar-refractivity contribution in [3.05, 3.63) is 6.33 Å². The van der Waals surface area contributed by atoms with Gasteiger partial charge in [0.1, 0.15) is 6.33 Å². The summed E-state index contributed by atoms with van der Waals surface area (Å²) in [5.74, 6) is 0.741. The Balaban J connectivity index is 2.30. The molecule has 0 saturated carbocycles. The number of fused-ring (bicyclic) bond motifs is 1. The summed E-state index contributed by atoms with van der Waals surface area (Å²) >= 11 is 0. The maximum atomic E-state index is 9.12. The maximum Gasteiger partial charge on any atom is 0.221 e. The van der Waals surface area contributed by atoms with Crippen molar-refractivity contribution in [1.82, 2.24) is 14.8 Å². The Bertz CT molecular complexity index is 233. The van der Waals surface area contributed by atoms with Gasteiger partial charge in [-0.1, -0.05) is 0 Å². The van der Waals surface area contributed by atoms with Crippen LogP contribution in [0.3, 0.4) is 0 Å². The minimum atomic E-state index is -0.339. The fourth-order valence-electron chi connectivity index (χ4n) is 1.01. The molecule has 0 aromatic carbocycles. The van der Waals surface area contributed by atoms with E-state index in [4.69, 9.17) is 5.11 Å². The van der Waals surface area contributed by atoms with Gasteiger partial charge >= 0.3 is 0 Å². The summed E-state index contributed by atoms with van der Waals surface area (Å²) in [6.07, 6.45) is 1.13. The van der Waals surface area contributed by atoms with E-state index in [1.807, 2.05) is 0 Å². The lowest BCUT2D eigenvalue weighted by molar-refractivity contribution is 0.154. The highest BCUT2D eigenvalue weighted by atomic mass is 16.3. The maximum absolute atomic E-state index is 9.12. The molecule has 5 heteroatoms. The van der Waals surface area contributed by atoms with Crippen molar-refractivity contribution in [2.75, 3.05) is 11.9 Å². The molecule has 2 N–H and O–H groups in total. The number of hydrogen-bond donors (Lipinski definition) is 2. The average molecular weight is 140 g/mol. The van der Waals surface area contributed by atoms with Crippen LogP contribution in [-0.4, -0.2) is 32.5 Å². The third kappa shape index (κ3) is 0.750. The molecule has 54 valence electrons. The van der Waals surface area contributed by atoms with E-state index in [-0.39, 0.29) is 6.10 Å². The van der Waals surface area contributed by atoms with Gasteiger partial charge in [-0.2, -0.15) is 10.1 Å². The van der Waals surface area contributed by atoms with Crippen LogP contribution in [0.4, 0.5) is 5.95 Å². The molecular weight excluding hydrogens is 132 g/mol. The highest BCUT2D eigenvalue weighted by Gasteiger charge is 2.15. The lowest BCUT2D eigenvalue weighted by Crippen LogP contribution is -2.32. The van der Waals surface area contributed by atoms with E-state index in [2.05, 4.69) is 15.4 Å². The largest absolute Gasteiger partial charge is 0.389 e. The predicted octanol–water partition coefficient (Wildman–Crippen LogP) is -0.936. The van der Waals surface area contributed by atoms with E-state index < -0.39 is 0 Å². The third-order valence-electron chi connectivity index (χ3n) is 1.50. The van der Waals surface area contributed by atoms with Gasteiger partial charge in [-0.05, 0) is 0 Å². The van der Waals surface area contributed by atoms with E-state index in [1.54, 1.807) is 4.68 Å². The summed E-state index contributed by atoms with van der Waals surface area (Å²) in [5.41, 5.74) is 0. The zero-order valence-corrected chi connectivity index (χ0v) is 5.36. The summed E-state index contributed by atoms with van der Waals surface area (Å²) in [7, 11) is 0. The number of β-amino-alcohol motifs (C(OH)–C–C–N with tert-alkyl or cyclic N) is 1. The van der Waals surface area contributed by atoms with Crippen molar-refractivity contribution in [2.45, 2.75) is 12.6 Å². The quantitative estimate of drug-likeness (QED) is 0.488. The molecular formula is C5H8N4O. The molecule has 1 atom stereocenters. The van der Waals surface area contributed by atoms with Crippen LogP contribution >= 0.6 is 0 Å². The number of rotatable bonds is 0. The number of nitrogens with zero attached hydrogens (tertiary/aromatic N) is 3. The Hall–Kier alpha value is -1.10. The normalized spacial score (nSPS) is 23.5. The summed E-state index contributed by atoms with van der Waals surface area (Å²) in [4.78, 5) is 3.92. The van der Waals surface area contributed by atoms with Gasteiger partial charge in [-0.25, -0.2) is 4.68 Å². The molecule has 1 unspecified atom stereocenters. The zero-order valence-electron chi connectivity index (χ0n) is 5.36. The van der Waals surface area contributed by atoms with Gasteiger partial charge < -0.3 is 10.4 Å². The summed E-state index contributed by atoms with van der Waals surface area (Å²) in [5, 5.41) is 15.9. The number of nitrogens with one attached hydrogen (secondary N) is 1. The predicted molar refractivity (Wildman–Crippen MR) is 34.5 cm³/mol. The number of aliphatic hydroxyl groups is 1. The van der Waals surface area contributed by atoms with Crippen molar-refractivity contribution in [3.63, 3.8) is 0 Å². The van der Waals surface area contributed by atoms with Crippen LogP contribution in [0.5, 0.6) is 0 Å². The van der Waals surface area contributed by atoms with E-state index in [9.17, 15) is 0 Å². The summed E-state index contributed by atoms with van der Waals surface area (Å²) in [6.45, 7) is 1.11. The average Bonchev–Trinajstić information content (AvgIpc) is 2.33. The van der Waals surface area contributed by atoms with Crippen molar-refractivity contribution in [1.29, 1.82) is 0 Å². The molecule has 0 amide bonds. The molecule has 1 aliphatic rings. The molecule has 0 aliphatic carbocycles. The smallest absolute Gasteiger partial charge is 0.221 e. The van der Waals surface area contributed by atoms with E-state index in [0.29, 0.717) is 13.1 Å². The Morgan fingerprint density at radius 2 is 2.70 bits per heavy atom. The second-order valence-corrected chi connectivity index (χ2v) is 2.30. The van der Waals surface area contributed by atoms with Crippen molar-refractivity contribution < 1.29 is 5.11 Å². The van der Waals surface area contributed by atoms with E-state index >= 15 is 0 Å². The third-order valence-corrected chi connectivity index (χ3v) is 1.50. The Labute approximate surface area is 57.7 Å². The lowest BCUT2D eigenvalue weighted by atomic mass is 10.3. The molecule has 0 saturated heterocycles. The molecule has 0 radical (unpaired) electrons. The number of aliphatic hydroxyl groups excluding tert-OH is 1. The SMILES string of the molecule is OC1CNc2ncnn2C1. The van der Waals surface area contributed by atoms with Crippen molar-refractivity contribution in [2.24, 2.45) is 0 Å². The van der Waals surface area contributed by atoms with Gasteiger partial charge in [-0.3, -0.25) is 0 Å². The highest BCUT2D eigenvalue weighted by molar-refractivity contribution is 5.25. The molecule has 1 aromatic heterocycles. The Morgan fingerprint density at radius 3 is 3.60 bits per heavy atom. The fraction of sp³-hybridized carbons (Fsp3) is 0.600. The Kier molecular flexibility index (Phi) is 1.10. The van der Waals surface area contributed by atoms with E-state index in [1.165, 1.54) is 6.33 Å². The zero-order chi connectivity index (χ0) is 6.97. The van der Waals surface area contributed by atoms with Crippen LogP contribution < -0.4 is 5.32 Å². The molecule has 0 spiro atoms. The van der Waals surface area contributed by atoms with Crippen LogP contribution in [0.15, 0.2) is 6.33 Å². The molecule has 1 aromatic rings. The van der Waals surface area contributed by atoms with Crippen LogP contribution in [0.1, 0.15) is 0 Å². The second-order valence-electron chi connectivity index (χ2n) is 2.30. The van der Waals surface area contributed by atoms with Gasteiger partial charge in [-0.15, -0.1) is 0 Å². The Morgan fingerprint density at radius 1 is 1.80 bits per heavy atom. The second kappa shape index (κ2) is 1.95. The molecule has 2 heterocycles. The monoisotopic (exact) mass is 140 g/mol. The molecule has 2 rings (SSSR count). The lowest BCUT2D eigenvalue weighted by Gasteiger charge is -2.18. The van der Waals surface area contributed by atoms with Gasteiger partial charge in [0.15, 0.2) is 0 Å². The van der Waals surface area contributed by atoms with Gasteiger partial charge in [0.25, 0.3) is 0 Å². The molecule has 10 heavy (non-hydrogen) atoms. The van der Waals surface area contributed by atoms with Crippen molar-refractivity contribution in [3.8, 4) is 0 Å². The summed E-state index contributed by atoms with van der Waals surface area (Å²) < 4.78 is 1.65. The minimum absolute atomic E-state index is 0.339. The highest BCUT2D eigenvalue weighted by Crippen LogP contribution is 2.07.